The Labute approximate surface area is 153 Å². The summed E-state index contributed by atoms with van der Waals surface area (Å²) in [6.45, 7) is 8.61. The summed E-state index contributed by atoms with van der Waals surface area (Å²) in [6, 6.07) is 5.43. The largest absolute Gasteiger partial charge is 0.456 e. The van der Waals surface area contributed by atoms with Gasteiger partial charge in [0.2, 0.25) is 0 Å². The van der Waals surface area contributed by atoms with Gasteiger partial charge in [0.15, 0.2) is 12.4 Å². The van der Waals surface area contributed by atoms with Crippen molar-refractivity contribution in [1.29, 1.82) is 0 Å². The summed E-state index contributed by atoms with van der Waals surface area (Å²) in [4.78, 5) is 50.9. The zero-order chi connectivity index (χ0) is 19.6. The number of ketones is 1. The van der Waals surface area contributed by atoms with Gasteiger partial charge >= 0.3 is 5.97 Å². The van der Waals surface area contributed by atoms with Crippen LogP contribution in [0.4, 0.5) is 0 Å². The second-order valence-electron chi connectivity index (χ2n) is 7.95. The van der Waals surface area contributed by atoms with Crippen molar-refractivity contribution in [2.75, 3.05) is 6.61 Å². The second kappa shape index (κ2) is 7.40. The van der Waals surface area contributed by atoms with E-state index in [1.165, 1.54) is 0 Å². The first-order chi connectivity index (χ1) is 12.0. The highest BCUT2D eigenvalue weighted by Crippen LogP contribution is 2.27. The smallest absolute Gasteiger partial charge is 0.329 e. The molecule has 6 nitrogen and oxygen atoms in total. The van der Waals surface area contributed by atoms with Crippen LogP contribution in [-0.4, -0.2) is 41.1 Å². The van der Waals surface area contributed by atoms with Crippen LogP contribution in [0, 0.1) is 11.3 Å². The molecule has 1 heterocycles. The molecule has 1 aliphatic rings. The first kappa shape index (κ1) is 19.8. The van der Waals surface area contributed by atoms with E-state index >= 15 is 0 Å². The SMILES string of the molecule is CC(C)C[C@@H](C(=O)OCC(=O)C(C)(C)C)N1C(=O)c2ccccc2C1=O. The van der Waals surface area contributed by atoms with E-state index in [-0.39, 0.29) is 35.9 Å². The van der Waals surface area contributed by atoms with Crippen molar-refractivity contribution in [3.05, 3.63) is 35.4 Å². The number of rotatable bonds is 6. The number of hydrogen-bond acceptors (Lipinski definition) is 5. The van der Waals surface area contributed by atoms with Gasteiger partial charge < -0.3 is 4.74 Å². The van der Waals surface area contributed by atoms with Crippen LogP contribution in [0.15, 0.2) is 24.3 Å². The molecule has 1 atom stereocenters. The van der Waals surface area contributed by atoms with Gasteiger partial charge in [-0.25, -0.2) is 4.79 Å². The minimum Gasteiger partial charge on any atom is -0.456 e. The number of carbonyl (C=O) groups is 4. The van der Waals surface area contributed by atoms with Crippen LogP contribution in [0.5, 0.6) is 0 Å². The molecule has 26 heavy (non-hydrogen) atoms. The Morgan fingerprint density at radius 2 is 1.54 bits per heavy atom. The Hall–Kier alpha value is -2.50. The number of fused-ring (bicyclic) bond motifs is 1. The average Bonchev–Trinajstić information content (AvgIpc) is 2.81. The van der Waals surface area contributed by atoms with Crippen molar-refractivity contribution >= 4 is 23.6 Å². The van der Waals surface area contributed by atoms with E-state index in [0.717, 1.165) is 4.90 Å². The maximum atomic E-state index is 12.7. The molecule has 1 aromatic carbocycles. The Morgan fingerprint density at radius 3 is 1.96 bits per heavy atom. The Kier molecular flexibility index (Phi) is 5.64. The molecule has 0 fully saturated rings. The molecule has 1 aromatic rings. The van der Waals surface area contributed by atoms with E-state index < -0.39 is 29.2 Å². The third kappa shape index (κ3) is 4.00. The highest BCUT2D eigenvalue weighted by molar-refractivity contribution is 6.22. The van der Waals surface area contributed by atoms with Gasteiger partial charge in [-0.15, -0.1) is 0 Å². The second-order valence-corrected chi connectivity index (χ2v) is 7.95. The lowest BCUT2D eigenvalue weighted by atomic mass is 9.91. The lowest BCUT2D eigenvalue weighted by molar-refractivity contribution is -0.154. The zero-order valence-electron chi connectivity index (χ0n) is 15.9. The molecule has 0 aliphatic carbocycles. The molecule has 2 amide bonds. The molecule has 0 spiro atoms. The lowest BCUT2D eigenvalue weighted by Crippen LogP contribution is -2.47. The number of Topliss-reactive ketones (excluding diaryl/α,β-unsaturated/α-hetero) is 1. The van der Waals surface area contributed by atoms with E-state index in [1.54, 1.807) is 45.0 Å². The van der Waals surface area contributed by atoms with E-state index in [2.05, 4.69) is 0 Å². The molecule has 0 unspecified atom stereocenters. The van der Waals surface area contributed by atoms with Crippen molar-refractivity contribution < 1.29 is 23.9 Å². The van der Waals surface area contributed by atoms with Crippen LogP contribution >= 0.6 is 0 Å². The Bertz CT molecular complexity index is 710. The maximum absolute atomic E-state index is 12.7. The number of ether oxygens (including phenoxy) is 1. The molecule has 2 rings (SSSR count). The van der Waals surface area contributed by atoms with Gasteiger partial charge in [0, 0.05) is 5.41 Å². The van der Waals surface area contributed by atoms with Crippen LogP contribution in [0.2, 0.25) is 0 Å². The fourth-order valence-corrected chi connectivity index (χ4v) is 2.69. The Morgan fingerprint density at radius 1 is 1.04 bits per heavy atom. The average molecular weight is 359 g/mol. The van der Waals surface area contributed by atoms with Crippen LogP contribution < -0.4 is 0 Å². The third-order valence-corrected chi connectivity index (χ3v) is 4.29. The van der Waals surface area contributed by atoms with E-state index in [4.69, 9.17) is 4.74 Å². The summed E-state index contributed by atoms with van der Waals surface area (Å²) in [5.74, 6) is -1.91. The van der Waals surface area contributed by atoms with Crippen molar-refractivity contribution in [3.63, 3.8) is 0 Å². The molecule has 140 valence electrons. The first-order valence-corrected chi connectivity index (χ1v) is 8.71. The standard InChI is InChI=1S/C20H25NO5/c1-12(2)10-15(19(25)26-11-16(22)20(3,4)5)21-17(23)13-8-6-7-9-14(13)18(21)24/h6-9,12,15H,10-11H2,1-5H3/t15-/m0/s1. The van der Waals surface area contributed by atoms with Gasteiger partial charge in [0.1, 0.15) is 6.04 Å². The van der Waals surface area contributed by atoms with Crippen LogP contribution in [0.25, 0.3) is 0 Å². The summed E-state index contributed by atoms with van der Waals surface area (Å²) in [5.41, 5.74) is -0.0711. The number of imide groups is 1. The number of benzene rings is 1. The number of esters is 1. The monoisotopic (exact) mass is 359 g/mol. The number of nitrogens with zero attached hydrogens (tertiary/aromatic N) is 1. The minimum absolute atomic E-state index is 0.0511. The highest BCUT2D eigenvalue weighted by Gasteiger charge is 2.43. The molecular formula is C20H25NO5. The number of carbonyl (C=O) groups excluding carboxylic acids is 4. The molecule has 0 aromatic heterocycles. The summed E-state index contributed by atoms with van der Waals surface area (Å²) in [6.07, 6.45) is 0.272. The zero-order valence-corrected chi connectivity index (χ0v) is 15.9. The van der Waals surface area contributed by atoms with Gasteiger partial charge in [0.05, 0.1) is 11.1 Å². The fraction of sp³-hybridized carbons (Fsp3) is 0.500. The molecule has 6 heteroatoms. The fourth-order valence-electron chi connectivity index (χ4n) is 2.69. The van der Waals surface area contributed by atoms with Crippen molar-refractivity contribution in [2.45, 2.75) is 47.1 Å². The molecule has 0 bridgehead atoms. The van der Waals surface area contributed by atoms with E-state index in [0.29, 0.717) is 0 Å². The van der Waals surface area contributed by atoms with Gasteiger partial charge in [0.25, 0.3) is 11.8 Å². The molecule has 0 N–H and O–H groups in total. The van der Waals surface area contributed by atoms with Crippen molar-refractivity contribution in [3.8, 4) is 0 Å². The predicted octanol–water partition coefficient (Wildman–Crippen LogP) is 2.86. The normalized spacial score (nSPS) is 15.2. The van der Waals surface area contributed by atoms with Crippen molar-refractivity contribution in [1.82, 2.24) is 4.90 Å². The van der Waals surface area contributed by atoms with Gasteiger partial charge in [-0.2, -0.15) is 0 Å². The lowest BCUT2D eigenvalue weighted by Gasteiger charge is -2.26. The highest BCUT2D eigenvalue weighted by atomic mass is 16.5. The van der Waals surface area contributed by atoms with E-state index in [9.17, 15) is 19.2 Å². The predicted molar refractivity (Wildman–Crippen MR) is 95.6 cm³/mol. The summed E-state index contributed by atoms with van der Waals surface area (Å²) < 4.78 is 5.17. The molecule has 0 saturated heterocycles. The molecule has 0 radical (unpaired) electrons. The number of hydrogen-bond donors (Lipinski definition) is 0. The van der Waals surface area contributed by atoms with Gasteiger partial charge in [-0.05, 0) is 24.5 Å². The third-order valence-electron chi connectivity index (χ3n) is 4.29. The topological polar surface area (TPSA) is 80.8 Å². The molecular weight excluding hydrogens is 334 g/mol. The number of amides is 2. The van der Waals surface area contributed by atoms with Crippen molar-refractivity contribution in [2.24, 2.45) is 11.3 Å². The summed E-state index contributed by atoms with van der Waals surface area (Å²) in [7, 11) is 0. The summed E-state index contributed by atoms with van der Waals surface area (Å²) in [5, 5.41) is 0. The van der Waals surface area contributed by atoms with Gasteiger partial charge in [-0.3, -0.25) is 19.3 Å². The minimum atomic E-state index is -1.05. The first-order valence-electron chi connectivity index (χ1n) is 8.71. The van der Waals surface area contributed by atoms with Gasteiger partial charge in [-0.1, -0.05) is 46.8 Å². The van der Waals surface area contributed by atoms with Crippen LogP contribution in [0.3, 0.4) is 0 Å². The molecule has 0 saturated carbocycles. The maximum Gasteiger partial charge on any atom is 0.329 e. The van der Waals surface area contributed by atoms with Crippen LogP contribution in [-0.2, 0) is 14.3 Å². The quantitative estimate of drug-likeness (QED) is 0.576. The summed E-state index contributed by atoms with van der Waals surface area (Å²) >= 11 is 0. The van der Waals surface area contributed by atoms with Crippen LogP contribution in [0.1, 0.15) is 61.8 Å². The Balaban J connectivity index is 2.23. The molecule has 1 aliphatic heterocycles. The van der Waals surface area contributed by atoms with E-state index in [1.807, 2.05) is 13.8 Å².